The third-order valence-electron chi connectivity index (χ3n) is 10.2. The maximum Gasteiger partial charge on any atom is 0.239 e. The Labute approximate surface area is 322 Å². The van der Waals surface area contributed by atoms with Gasteiger partial charge < -0.3 is 25.8 Å². The summed E-state index contributed by atoms with van der Waals surface area (Å²) in [6.07, 6.45) is 50.6. The van der Waals surface area contributed by atoms with Gasteiger partial charge in [0, 0.05) is 26.3 Å². The lowest BCUT2D eigenvalue weighted by molar-refractivity contribution is -0.132. The van der Waals surface area contributed by atoms with Crippen molar-refractivity contribution >= 4 is 5.91 Å². The Balaban J connectivity index is 2.24. The summed E-state index contributed by atoms with van der Waals surface area (Å²) in [6.45, 7) is 7.78. The molecule has 0 aromatic rings. The Morgan fingerprint density at radius 2 is 0.942 bits per heavy atom. The predicted molar refractivity (Wildman–Crippen MR) is 226 cm³/mol. The zero-order valence-electron chi connectivity index (χ0n) is 34.3. The summed E-state index contributed by atoms with van der Waals surface area (Å²) >= 11 is 0. The maximum atomic E-state index is 13.1. The number of nitrogens with two attached hydrogens (primary N) is 2. The highest BCUT2D eigenvalue weighted by atomic mass is 16.5. The van der Waals surface area contributed by atoms with Crippen LogP contribution in [0.5, 0.6) is 0 Å². The van der Waals surface area contributed by atoms with Crippen LogP contribution in [0.1, 0.15) is 187 Å². The fourth-order valence-corrected chi connectivity index (χ4v) is 6.76. The summed E-state index contributed by atoms with van der Waals surface area (Å²) in [5, 5.41) is 0. The molecule has 1 amide bonds. The summed E-state index contributed by atoms with van der Waals surface area (Å²) in [4.78, 5) is 15.0. The molecule has 52 heavy (non-hydrogen) atoms. The Bertz CT molecular complexity index is 843. The molecule has 4 N–H and O–H groups in total. The molecule has 1 fully saturated rings. The summed E-state index contributed by atoms with van der Waals surface area (Å²) in [5.74, 6) is 0.0270. The molecule has 0 spiro atoms. The number of nitrogens with zero attached hydrogens (tertiary/aromatic N) is 1. The summed E-state index contributed by atoms with van der Waals surface area (Å²) in [5.41, 5.74) is 11.9. The van der Waals surface area contributed by atoms with Gasteiger partial charge in [-0.3, -0.25) is 4.79 Å². The van der Waals surface area contributed by atoms with Gasteiger partial charge in [-0.1, -0.05) is 146 Å². The van der Waals surface area contributed by atoms with Gasteiger partial charge in [0.15, 0.2) is 0 Å². The van der Waals surface area contributed by atoms with E-state index in [2.05, 4.69) is 62.5 Å². The van der Waals surface area contributed by atoms with Crippen LogP contribution in [0.3, 0.4) is 0 Å². The van der Waals surface area contributed by atoms with Gasteiger partial charge in [-0.25, -0.2) is 0 Å². The van der Waals surface area contributed by atoms with Crippen molar-refractivity contribution in [3.05, 3.63) is 48.6 Å². The summed E-state index contributed by atoms with van der Waals surface area (Å²) < 4.78 is 12.8. The van der Waals surface area contributed by atoms with Crippen LogP contribution in [0.25, 0.3) is 0 Å². The SMILES string of the molecule is CCCCC/C=C/C/C=C/CCCCCCCCO[C@@H]1CN(C(=O)[C@@H](N)CCCCN)C[C@H]1OCCCCCCCC/C=C/C/C=C/CCCCC. The van der Waals surface area contributed by atoms with E-state index in [4.69, 9.17) is 20.9 Å². The molecule has 1 heterocycles. The van der Waals surface area contributed by atoms with E-state index in [-0.39, 0.29) is 18.1 Å². The van der Waals surface area contributed by atoms with E-state index in [1.54, 1.807) is 0 Å². The van der Waals surface area contributed by atoms with Gasteiger partial charge in [-0.2, -0.15) is 0 Å². The first kappa shape index (κ1) is 48.3. The van der Waals surface area contributed by atoms with Gasteiger partial charge in [-0.05, 0) is 96.4 Å². The molecule has 0 radical (unpaired) electrons. The molecule has 302 valence electrons. The molecule has 0 saturated carbocycles. The van der Waals surface area contributed by atoms with Crippen molar-refractivity contribution in [3.63, 3.8) is 0 Å². The molecule has 0 bridgehead atoms. The normalized spacial score (nSPS) is 17.3. The number of carbonyl (C=O) groups excluding carboxylic acids is 1. The number of hydrogen-bond donors (Lipinski definition) is 2. The first-order chi connectivity index (χ1) is 25.6. The third-order valence-corrected chi connectivity index (χ3v) is 10.2. The molecule has 0 aromatic heterocycles. The summed E-state index contributed by atoms with van der Waals surface area (Å²) in [7, 11) is 0. The van der Waals surface area contributed by atoms with E-state index in [1.807, 2.05) is 4.90 Å². The highest BCUT2D eigenvalue weighted by molar-refractivity contribution is 5.82. The first-order valence-corrected chi connectivity index (χ1v) is 22.2. The summed E-state index contributed by atoms with van der Waals surface area (Å²) in [6, 6.07) is -0.466. The number of carbonyl (C=O) groups is 1. The third kappa shape index (κ3) is 28.7. The van der Waals surface area contributed by atoms with Crippen LogP contribution in [-0.2, 0) is 14.3 Å². The number of hydrogen-bond acceptors (Lipinski definition) is 5. The number of likely N-dealkylation sites (tertiary alicyclic amines) is 1. The number of allylic oxidation sites excluding steroid dienone is 8. The van der Waals surface area contributed by atoms with Crippen molar-refractivity contribution in [1.29, 1.82) is 0 Å². The Hall–Kier alpha value is -1.73. The molecule has 1 saturated heterocycles. The lowest BCUT2D eigenvalue weighted by atomic mass is 10.1. The van der Waals surface area contributed by atoms with E-state index in [0.717, 1.165) is 51.7 Å². The Kier molecular flexibility index (Phi) is 34.9. The van der Waals surface area contributed by atoms with Crippen LogP contribution in [-0.4, -0.2) is 61.9 Å². The maximum absolute atomic E-state index is 13.1. The Morgan fingerprint density at radius 1 is 0.558 bits per heavy atom. The fourth-order valence-electron chi connectivity index (χ4n) is 6.76. The van der Waals surface area contributed by atoms with Crippen molar-refractivity contribution in [2.45, 2.75) is 205 Å². The first-order valence-electron chi connectivity index (χ1n) is 22.2. The second-order valence-corrected chi connectivity index (χ2v) is 15.1. The van der Waals surface area contributed by atoms with Crippen LogP contribution in [0.15, 0.2) is 48.6 Å². The van der Waals surface area contributed by atoms with Crippen molar-refractivity contribution in [3.8, 4) is 0 Å². The second-order valence-electron chi connectivity index (χ2n) is 15.1. The predicted octanol–water partition coefficient (Wildman–Crippen LogP) is 11.7. The van der Waals surface area contributed by atoms with Crippen molar-refractivity contribution < 1.29 is 14.3 Å². The second kappa shape index (κ2) is 37.6. The minimum atomic E-state index is -0.466. The Morgan fingerprint density at radius 3 is 1.35 bits per heavy atom. The fraction of sp³-hybridized carbons (Fsp3) is 0.804. The van der Waals surface area contributed by atoms with Crippen molar-refractivity contribution in [2.24, 2.45) is 11.5 Å². The molecule has 1 rings (SSSR count). The molecule has 6 nitrogen and oxygen atoms in total. The topological polar surface area (TPSA) is 90.8 Å². The number of ether oxygens (including phenoxy) is 2. The van der Waals surface area contributed by atoms with Gasteiger partial charge in [0.2, 0.25) is 5.91 Å². The minimum absolute atomic E-state index is 0.0270. The van der Waals surface area contributed by atoms with Crippen LogP contribution in [0, 0.1) is 0 Å². The molecule has 3 atom stereocenters. The zero-order valence-corrected chi connectivity index (χ0v) is 34.3. The largest absolute Gasteiger partial charge is 0.374 e. The van der Waals surface area contributed by atoms with Gasteiger partial charge in [0.1, 0.15) is 12.2 Å². The van der Waals surface area contributed by atoms with Gasteiger partial charge >= 0.3 is 0 Å². The molecule has 0 unspecified atom stereocenters. The minimum Gasteiger partial charge on any atom is -0.374 e. The molecule has 6 heteroatoms. The average Bonchev–Trinajstić information content (AvgIpc) is 3.56. The molecule has 0 aliphatic carbocycles. The number of amides is 1. The van der Waals surface area contributed by atoms with E-state index in [1.165, 1.54) is 128 Å². The van der Waals surface area contributed by atoms with Gasteiger partial charge in [0.05, 0.1) is 6.04 Å². The van der Waals surface area contributed by atoms with Crippen LogP contribution >= 0.6 is 0 Å². The molecular formula is C46H85N3O3. The van der Waals surface area contributed by atoms with Gasteiger partial charge in [0.25, 0.3) is 0 Å². The standard InChI is InChI=1S/C46H85N3O3/c1-3-5-7-9-11-13-15-17-19-21-23-25-27-29-31-35-39-51-44-41-49(46(50)43(48)37-33-34-38-47)42-45(44)52-40-36-32-30-28-26-24-22-20-18-16-14-12-10-8-6-4-2/h11-14,17-20,43-45H,3-10,15-16,21-42,47-48H2,1-2H3/b13-11+,14-12+,19-17+,20-18+/t43-,44+,45+/m0/s1. The lowest BCUT2D eigenvalue weighted by Gasteiger charge is -2.20. The van der Waals surface area contributed by atoms with E-state index < -0.39 is 6.04 Å². The van der Waals surface area contributed by atoms with E-state index >= 15 is 0 Å². The average molecular weight is 728 g/mol. The lowest BCUT2D eigenvalue weighted by Crippen LogP contribution is -2.43. The van der Waals surface area contributed by atoms with E-state index in [9.17, 15) is 4.79 Å². The highest BCUT2D eigenvalue weighted by Crippen LogP contribution is 2.20. The number of unbranched alkanes of at least 4 members (excludes halogenated alkanes) is 19. The smallest absolute Gasteiger partial charge is 0.239 e. The monoisotopic (exact) mass is 728 g/mol. The van der Waals surface area contributed by atoms with Crippen molar-refractivity contribution in [1.82, 2.24) is 4.90 Å². The highest BCUT2D eigenvalue weighted by Gasteiger charge is 2.38. The van der Waals surface area contributed by atoms with Gasteiger partial charge in [-0.15, -0.1) is 0 Å². The number of rotatable bonds is 37. The van der Waals surface area contributed by atoms with Crippen LogP contribution < -0.4 is 11.5 Å². The quantitative estimate of drug-likeness (QED) is 0.0491. The molecule has 1 aliphatic heterocycles. The molecule has 1 aliphatic rings. The zero-order chi connectivity index (χ0) is 37.6. The van der Waals surface area contributed by atoms with Crippen LogP contribution in [0.2, 0.25) is 0 Å². The molecule has 0 aromatic carbocycles. The van der Waals surface area contributed by atoms with Crippen molar-refractivity contribution in [2.75, 3.05) is 32.8 Å². The molecular weight excluding hydrogens is 643 g/mol. The van der Waals surface area contributed by atoms with E-state index in [0.29, 0.717) is 26.1 Å². The van der Waals surface area contributed by atoms with Crippen LogP contribution in [0.4, 0.5) is 0 Å².